The molecule has 1 aliphatic heterocycles. The third kappa shape index (κ3) is 4.05. The summed E-state index contributed by atoms with van der Waals surface area (Å²) >= 11 is 0. The number of oxime groups is 1. The number of fused-ring (bicyclic) bond motifs is 5. The smallest absolute Gasteiger partial charge is 0.328 e. The molecule has 3 saturated carbocycles. The Morgan fingerprint density at radius 2 is 1.84 bits per heavy atom. The summed E-state index contributed by atoms with van der Waals surface area (Å²) in [6.07, 6.45) is 10.9. The average Bonchev–Trinajstić information content (AvgIpc) is 3.47. The van der Waals surface area contributed by atoms with Crippen molar-refractivity contribution in [2.24, 2.45) is 33.7 Å². The Kier molecular flexibility index (Phi) is 6.78. The molecule has 1 amide bonds. The molecule has 7 atom stereocenters. The van der Waals surface area contributed by atoms with Crippen molar-refractivity contribution in [1.29, 1.82) is 0 Å². The molecule has 4 aliphatic carbocycles. The van der Waals surface area contributed by atoms with E-state index in [1.165, 1.54) is 17.6 Å². The fraction of sp³-hybridized carbons (Fsp3) is 0.793. The summed E-state index contributed by atoms with van der Waals surface area (Å²) in [6, 6.07) is -0.523. The monoisotopic (exact) mass is 514 g/mol. The van der Waals surface area contributed by atoms with Gasteiger partial charge in [-0.3, -0.25) is 9.59 Å². The molecule has 0 radical (unpaired) electrons. The summed E-state index contributed by atoms with van der Waals surface area (Å²) in [5.41, 5.74) is 0.896. The first-order valence-corrected chi connectivity index (χ1v) is 14.1. The zero-order chi connectivity index (χ0) is 26.6. The van der Waals surface area contributed by atoms with E-state index >= 15 is 0 Å². The Bertz CT molecular complexity index is 1040. The molecule has 1 N–H and O–H groups in total. The second-order valence-electron chi connectivity index (χ2n) is 12.5. The van der Waals surface area contributed by atoms with E-state index in [0.717, 1.165) is 57.1 Å². The molecule has 37 heavy (non-hydrogen) atoms. The highest BCUT2D eigenvalue weighted by Gasteiger charge is 2.65. The molecular formula is C29H42N2O6. The number of ether oxygens (including phenoxy) is 1. The summed E-state index contributed by atoms with van der Waals surface area (Å²) < 4.78 is 4.82. The molecule has 0 bridgehead atoms. The van der Waals surface area contributed by atoms with Gasteiger partial charge in [-0.15, -0.1) is 0 Å². The summed E-state index contributed by atoms with van der Waals surface area (Å²) in [4.78, 5) is 44.0. The minimum Gasteiger partial charge on any atom is -0.467 e. The number of carbonyl (C=O) groups is 3. The van der Waals surface area contributed by atoms with Crippen molar-refractivity contribution < 1.29 is 29.1 Å². The van der Waals surface area contributed by atoms with Crippen LogP contribution in [0.15, 0.2) is 16.8 Å². The van der Waals surface area contributed by atoms with E-state index in [0.29, 0.717) is 37.1 Å². The van der Waals surface area contributed by atoms with E-state index in [9.17, 15) is 19.5 Å². The molecule has 0 spiro atoms. The van der Waals surface area contributed by atoms with Crippen LogP contribution in [0.25, 0.3) is 0 Å². The molecule has 0 aromatic carbocycles. The molecule has 8 heteroatoms. The number of amides is 1. The van der Waals surface area contributed by atoms with Crippen molar-refractivity contribution in [2.75, 3.05) is 20.3 Å². The number of allylic oxidation sites excluding steroid dienone is 2. The zero-order valence-corrected chi connectivity index (χ0v) is 22.8. The van der Waals surface area contributed by atoms with E-state index < -0.39 is 11.6 Å². The molecule has 0 aromatic heterocycles. The SMILES string of the molecule is COC(=O)[C@@H]1CCCN1C(=O)CO/N=C1/C=C2CC[C@@H]3[C@H](CC[C@@]4(C)[C@H]3CC[C@]4(O)C(C)=O)[C@@]2(C)CC1. The van der Waals surface area contributed by atoms with Crippen LogP contribution in [0.3, 0.4) is 0 Å². The highest BCUT2D eigenvalue weighted by Crippen LogP contribution is 2.67. The number of hydrogen-bond acceptors (Lipinski definition) is 7. The van der Waals surface area contributed by atoms with Gasteiger partial charge in [0.2, 0.25) is 0 Å². The predicted octanol–water partition coefficient (Wildman–Crippen LogP) is 3.81. The van der Waals surface area contributed by atoms with Crippen LogP contribution in [0.2, 0.25) is 0 Å². The Morgan fingerprint density at radius 1 is 1.08 bits per heavy atom. The molecule has 204 valence electrons. The fourth-order valence-corrected chi connectivity index (χ4v) is 8.94. The first-order valence-electron chi connectivity index (χ1n) is 14.1. The van der Waals surface area contributed by atoms with Crippen molar-refractivity contribution in [3.05, 3.63) is 11.6 Å². The lowest BCUT2D eigenvalue weighted by Crippen LogP contribution is -2.57. The summed E-state index contributed by atoms with van der Waals surface area (Å²) in [5.74, 6) is 0.789. The van der Waals surface area contributed by atoms with Crippen LogP contribution in [0.1, 0.15) is 85.0 Å². The van der Waals surface area contributed by atoms with E-state index in [4.69, 9.17) is 9.57 Å². The first kappa shape index (κ1) is 26.4. The summed E-state index contributed by atoms with van der Waals surface area (Å²) in [7, 11) is 1.34. The van der Waals surface area contributed by atoms with Gasteiger partial charge in [-0.1, -0.05) is 24.6 Å². The number of likely N-dealkylation sites (tertiary alicyclic amines) is 1. The summed E-state index contributed by atoms with van der Waals surface area (Å²) in [5, 5.41) is 15.7. The van der Waals surface area contributed by atoms with Gasteiger partial charge in [0.15, 0.2) is 12.4 Å². The first-order chi connectivity index (χ1) is 17.5. The number of ketones is 1. The largest absolute Gasteiger partial charge is 0.467 e. The van der Waals surface area contributed by atoms with Gasteiger partial charge in [-0.05, 0) is 100 Å². The van der Waals surface area contributed by atoms with Gasteiger partial charge in [-0.25, -0.2) is 4.79 Å². The number of carbonyl (C=O) groups excluding carboxylic acids is 3. The van der Waals surface area contributed by atoms with Crippen LogP contribution in [-0.4, -0.2) is 65.3 Å². The quantitative estimate of drug-likeness (QED) is 0.442. The number of esters is 1. The second-order valence-corrected chi connectivity index (χ2v) is 12.5. The highest BCUT2D eigenvalue weighted by atomic mass is 16.6. The van der Waals surface area contributed by atoms with Crippen molar-refractivity contribution in [2.45, 2.75) is 96.6 Å². The number of aliphatic hydroxyl groups is 1. The predicted molar refractivity (Wildman–Crippen MR) is 137 cm³/mol. The van der Waals surface area contributed by atoms with Crippen molar-refractivity contribution in [3.63, 3.8) is 0 Å². The normalized spacial score (nSPS) is 41.9. The molecule has 5 aliphatic rings. The van der Waals surface area contributed by atoms with Gasteiger partial charge < -0.3 is 19.6 Å². The second kappa shape index (κ2) is 9.51. The van der Waals surface area contributed by atoms with Crippen LogP contribution in [-0.2, 0) is 24.0 Å². The number of nitrogens with zero attached hydrogens (tertiary/aromatic N) is 2. The topological polar surface area (TPSA) is 106 Å². The Morgan fingerprint density at radius 3 is 2.57 bits per heavy atom. The molecule has 5 rings (SSSR count). The lowest BCUT2D eigenvalue weighted by Gasteiger charge is -2.59. The average molecular weight is 515 g/mol. The molecule has 8 nitrogen and oxygen atoms in total. The Labute approximate surface area is 219 Å². The zero-order valence-electron chi connectivity index (χ0n) is 22.8. The third-order valence-corrected chi connectivity index (χ3v) is 11.1. The van der Waals surface area contributed by atoms with E-state index in [2.05, 4.69) is 25.1 Å². The van der Waals surface area contributed by atoms with E-state index in [1.54, 1.807) is 6.92 Å². The van der Waals surface area contributed by atoms with Crippen LogP contribution in [0.5, 0.6) is 0 Å². The van der Waals surface area contributed by atoms with Crippen LogP contribution >= 0.6 is 0 Å². The molecule has 0 aromatic rings. The van der Waals surface area contributed by atoms with Gasteiger partial charge in [0, 0.05) is 12.0 Å². The number of hydrogen-bond donors (Lipinski definition) is 1. The maximum atomic E-state index is 12.6. The van der Waals surface area contributed by atoms with Gasteiger partial charge >= 0.3 is 5.97 Å². The lowest BCUT2D eigenvalue weighted by atomic mass is 9.46. The number of rotatable bonds is 5. The van der Waals surface area contributed by atoms with Gasteiger partial charge in [-0.2, -0.15) is 0 Å². The maximum absolute atomic E-state index is 12.6. The Balaban J connectivity index is 1.25. The summed E-state index contributed by atoms with van der Waals surface area (Å²) in [6.45, 7) is 6.47. The van der Waals surface area contributed by atoms with Crippen molar-refractivity contribution in [1.82, 2.24) is 4.90 Å². The van der Waals surface area contributed by atoms with Crippen molar-refractivity contribution >= 4 is 23.4 Å². The minimum absolute atomic E-state index is 0.0684. The van der Waals surface area contributed by atoms with Gasteiger partial charge in [0.1, 0.15) is 11.6 Å². The van der Waals surface area contributed by atoms with Crippen LogP contribution < -0.4 is 0 Å². The van der Waals surface area contributed by atoms with Gasteiger partial charge in [0.05, 0.1) is 12.8 Å². The van der Waals surface area contributed by atoms with Crippen molar-refractivity contribution in [3.8, 4) is 0 Å². The molecule has 4 fully saturated rings. The maximum Gasteiger partial charge on any atom is 0.328 e. The number of Topliss-reactive ketones (excluding diaryl/α,β-unsaturated/α-hetero) is 1. The number of methoxy groups -OCH3 is 1. The molecule has 0 unspecified atom stereocenters. The van der Waals surface area contributed by atoms with Crippen LogP contribution in [0, 0.1) is 28.6 Å². The van der Waals surface area contributed by atoms with Gasteiger partial charge in [0.25, 0.3) is 5.91 Å². The highest BCUT2D eigenvalue weighted by molar-refractivity contribution is 5.96. The fourth-order valence-electron chi connectivity index (χ4n) is 8.94. The lowest BCUT2D eigenvalue weighted by molar-refractivity contribution is -0.159. The standard InChI is InChI=1S/C29H42N2O6/c1-18(32)29(35)14-11-23-21-8-7-19-16-20(9-12-27(19,2)22(21)10-13-28(23,29)3)30-37-17-25(33)31-15-5-6-24(31)26(34)36-4/h16,21-24,35H,5-15,17H2,1-4H3/b30-20+/t21-,22+,23+,24+,27+,28+,29+/m1/s1. The molecular weight excluding hydrogens is 472 g/mol. The van der Waals surface area contributed by atoms with E-state index in [1.807, 2.05) is 0 Å². The molecule has 1 saturated heterocycles. The van der Waals surface area contributed by atoms with Crippen LogP contribution in [0.4, 0.5) is 0 Å². The Hall–Kier alpha value is -2.22. The van der Waals surface area contributed by atoms with E-state index in [-0.39, 0.29) is 35.1 Å². The third-order valence-electron chi connectivity index (χ3n) is 11.1. The molecule has 1 heterocycles. The minimum atomic E-state index is -1.17.